The highest BCUT2D eigenvalue weighted by molar-refractivity contribution is 7.94. The number of hydrogen-bond acceptors (Lipinski definition) is 3. The predicted octanol–water partition coefficient (Wildman–Crippen LogP) is 1.68. The van der Waals surface area contributed by atoms with Crippen molar-refractivity contribution in [1.29, 1.82) is 5.41 Å². The molecule has 0 aliphatic rings. The van der Waals surface area contributed by atoms with Crippen LogP contribution in [0.4, 0.5) is 0 Å². The largest absolute Gasteiger partial charge is 0.387 e. The fraction of sp³-hybridized carbons (Fsp3) is 0.700. The molecule has 88 valence electrons. The van der Waals surface area contributed by atoms with Crippen LogP contribution in [0, 0.1) is 11.3 Å². The summed E-state index contributed by atoms with van der Waals surface area (Å²) in [6.07, 6.45) is 1.69. The molecule has 0 aliphatic carbocycles. The first kappa shape index (κ1) is 14.2. The van der Waals surface area contributed by atoms with E-state index < -0.39 is 9.84 Å². The lowest BCUT2D eigenvalue weighted by Gasteiger charge is -2.10. The molecular formula is C10H20N2O2S. The van der Waals surface area contributed by atoms with Crippen LogP contribution >= 0.6 is 0 Å². The standard InChI is InChI=1S/C10H20N2O2S/c1-4-5-9(8(2)3)6-15(13,14)7-10(11)12/h6,8H,4-5,7H2,1-3H3,(H3,11,12)/b9-6-. The minimum Gasteiger partial charge on any atom is -0.387 e. The zero-order valence-electron chi connectivity index (χ0n) is 9.58. The van der Waals surface area contributed by atoms with Gasteiger partial charge in [-0.15, -0.1) is 0 Å². The maximum atomic E-state index is 11.5. The molecule has 0 rings (SSSR count). The number of sulfone groups is 1. The van der Waals surface area contributed by atoms with Gasteiger partial charge in [0.25, 0.3) is 0 Å². The zero-order valence-corrected chi connectivity index (χ0v) is 10.4. The molecule has 0 spiro atoms. The predicted molar refractivity (Wildman–Crippen MR) is 63.5 cm³/mol. The van der Waals surface area contributed by atoms with Gasteiger partial charge in [-0.1, -0.05) is 32.8 Å². The van der Waals surface area contributed by atoms with Crippen LogP contribution < -0.4 is 5.73 Å². The highest BCUT2D eigenvalue weighted by Gasteiger charge is 2.12. The smallest absolute Gasteiger partial charge is 0.178 e. The van der Waals surface area contributed by atoms with Gasteiger partial charge in [0.15, 0.2) is 9.84 Å². The third-order valence-electron chi connectivity index (χ3n) is 1.97. The van der Waals surface area contributed by atoms with Crippen molar-refractivity contribution in [3.63, 3.8) is 0 Å². The van der Waals surface area contributed by atoms with Crippen LogP contribution in [0.5, 0.6) is 0 Å². The van der Waals surface area contributed by atoms with Crippen LogP contribution in [-0.2, 0) is 9.84 Å². The summed E-state index contributed by atoms with van der Waals surface area (Å²) < 4.78 is 23.1. The average molecular weight is 232 g/mol. The van der Waals surface area contributed by atoms with Gasteiger partial charge in [0.1, 0.15) is 11.6 Å². The Morgan fingerprint density at radius 2 is 2.00 bits per heavy atom. The van der Waals surface area contributed by atoms with Crippen LogP contribution in [0.15, 0.2) is 11.0 Å². The Morgan fingerprint density at radius 1 is 1.47 bits per heavy atom. The Balaban J connectivity index is 4.88. The number of nitrogens with one attached hydrogen (secondary N) is 1. The molecule has 0 aromatic heterocycles. The first-order valence-corrected chi connectivity index (χ1v) is 6.76. The van der Waals surface area contributed by atoms with Gasteiger partial charge in [-0.05, 0) is 12.3 Å². The Hall–Kier alpha value is -0.840. The second kappa shape index (κ2) is 5.90. The molecule has 0 radical (unpaired) electrons. The van der Waals surface area contributed by atoms with Gasteiger partial charge >= 0.3 is 0 Å². The minimum atomic E-state index is -3.36. The summed E-state index contributed by atoms with van der Waals surface area (Å²) >= 11 is 0. The van der Waals surface area contributed by atoms with E-state index in [1.165, 1.54) is 5.41 Å². The number of nitrogens with two attached hydrogens (primary N) is 1. The Bertz CT molecular complexity index is 342. The Kier molecular flexibility index (Phi) is 5.57. The molecule has 0 heterocycles. The van der Waals surface area contributed by atoms with Crippen molar-refractivity contribution in [1.82, 2.24) is 0 Å². The first-order valence-electron chi connectivity index (χ1n) is 5.04. The van der Waals surface area contributed by atoms with Crippen molar-refractivity contribution >= 4 is 15.7 Å². The number of hydrogen-bond donors (Lipinski definition) is 2. The van der Waals surface area contributed by atoms with Gasteiger partial charge < -0.3 is 5.73 Å². The van der Waals surface area contributed by atoms with E-state index in [1.807, 2.05) is 20.8 Å². The molecule has 0 aromatic carbocycles. The molecule has 0 saturated carbocycles. The number of allylic oxidation sites excluding steroid dienone is 1. The van der Waals surface area contributed by atoms with Crippen LogP contribution in [0.25, 0.3) is 0 Å². The summed E-state index contributed by atoms with van der Waals surface area (Å²) in [6, 6.07) is 0. The van der Waals surface area contributed by atoms with Crippen LogP contribution in [0.2, 0.25) is 0 Å². The second-order valence-electron chi connectivity index (χ2n) is 3.93. The first-order chi connectivity index (χ1) is 6.78. The molecule has 0 aliphatic heterocycles. The van der Waals surface area contributed by atoms with Crippen molar-refractivity contribution in [3.8, 4) is 0 Å². The van der Waals surface area contributed by atoms with Crippen molar-refractivity contribution in [2.75, 3.05) is 5.75 Å². The summed E-state index contributed by atoms with van der Waals surface area (Å²) in [4.78, 5) is 0. The summed E-state index contributed by atoms with van der Waals surface area (Å²) in [5, 5.41) is 8.25. The maximum Gasteiger partial charge on any atom is 0.178 e. The zero-order chi connectivity index (χ0) is 12.1. The fourth-order valence-electron chi connectivity index (χ4n) is 1.26. The fourth-order valence-corrected chi connectivity index (χ4v) is 2.63. The lowest BCUT2D eigenvalue weighted by atomic mass is 10.0. The Labute approximate surface area is 92.0 Å². The van der Waals surface area contributed by atoms with Gasteiger partial charge in [0.2, 0.25) is 0 Å². The SMILES string of the molecule is CCC/C(=C/S(=O)(=O)CC(=N)N)C(C)C. The van der Waals surface area contributed by atoms with E-state index in [4.69, 9.17) is 11.1 Å². The van der Waals surface area contributed by atoms with E-state index in [1.54, 1.807) is 0 Å². The van der Waals surface area contributed by atoms with E-state index >= 15 is 0 Å². The van der Waals surface area contributed by atoms with Gasteiger partial charge in [0, 0.05) is 5.41 Å². The topological polar surface area (TPSA) is 84.0 Å². The molecule has 15 heavy (non-hydrogen) atoms. The third kappa shape index (κ3) is 6.28. The molecule has 0 atom stereocenters. The van der Waals surface area contributed by atoms with Gasteiger partial charge in [-0.25, -0.2) is 8.42 Å². The van der Waals surface area contributed by atoms with E-state index in [-0.39, 0.29) is 17.5 Å². The average Bonchev–Trinajstić information content (AvgIpc) is 2.00. The second-order valence-corrected chi connectivity index (χ2v) is 5.78. The Morgan fingerprint density at radius 3 is 2.33 bits per heavy atom. The summed E-state index contributed by atoms with van der Waals surface area (Å²) in [5.41, 5.74) is 5.98. The molecule has 5 heteroatoms. The van der Waals surface area contributed by atoms with Gasteiger partial charge in [-0.2, -0.15) is 0 Å². The molecule has 0 saturated heterocycles. The highest BCUT2D eigenvalue weighted by Crippen LogP contribution is 2.17. The summed E-state index contributed by atoms with van der Waals surface area (Å²) in [6.45, 7) is 5.93. The molecule has 0 unspecified atom stereocenters. The molecule has 0 amide bonds. The van der Waals surface area contributed by atoms with Crippen molar-refractivity contribution in [2.24, 2.45) is 11.7 Å². The van der Waals surface area contributed by atoms with E-state index in [9.17, 15) is 8.42 Å². The molecule has 3 N–H and O–H groups in total. The van der Waals surface area contributed by atoms with Crippen LogP contribution in [0.1, 0.15) is 33.6 Å². The van der Waals surface area contributed by atoms with Gasteiger partial charge in [-0.3, -0.25) is 5.41 Å². The molecule has 0 aromatic rings. The minimum absolute atomic E-state index is 0.215. The lowest BCUT2D eigenvalue weighted by Crippen LogP contribution is -2.21. The molecular weight excluding hydrogens is 212 g/mol. The summed E-state index contributed by atoms with van der Waals surface area (Å²) in [5.74, 6) is -0.482. The summed E-state index contributed by atoms with van der Waals surface area (Å²) in [7, 11) is -3.36. The maximum absolute atomic E-state index is 11.5. The monoisotopic (exact) mass is 232 g/mol. The van der Waals surface area contributed by atoms with E-state index in [2.05, 4.69) is 0 Å². The van der Waals surface area contributed by atoms with E-state index in [0.717, 1.165) is 18.4 Å². The van der Waals surface area contributed by atoms with Crippen LogP contribution in [0.3, 0.4) is 0 Å². The molecule has 0 bridgehead atoms. The van der Waals surface area contributed by atoms with E-state index in [0.29, 0.717) is 0 Å². The quantitative estimate of drug-likeness (QED) is 0.539. The lowest BCUT2D eigenvalue weighted by molar-refractivity contribution is 0.606. The third-order valence-corrected chi connectivity index (χ3v) is 3.34. The van der Waals surface area contributed by atoms with Crippen LogP contribution in [-0.4, -0.2) is 20.0 Å². The number of amidine groups is 1. The number of rotatable bonds is 6. The molecule has 0 fully saturated rings. The van der Waals surface area contributed by atoms with Crippen molar-refractivity contribution in [3.05, 3.63) is 11.0 Å². The van der Waals surface area contributed by atoms with Crippen molar-refractivity contribution in [2.45, 2.75) is 33.6 Å². The highest BCUT2D eigenvalue weighted by atomic mass is 32.2. The van der Waals surface area contributed by atoms with Crippen molar-refractivity contribution < 1.29 is 8.42 Å². The molecule has 4 nitrogen and oxygen atoms in total. The normalized spacial score (nSPS) is 13.2. The van der Waals surface area contributed by atoms with Gasteiger partial charge in [0.05, 0.1) is 0 Å².